The van der Waals surface area contributed by atoms with Gasteiger partial charge in [0, 0.05) is 19.3 Å². The fraction of sp³-hybridized carbons (Fsp3) is 0.400. The molecule has 2 aromatic heterocycles. The molecule has 0 radical (unpaired) electrons. The Morgan fingerprint density at radius 2 is 2.21 bits per heavy atom. The summed E-state index contributed by atoms with van der Waals surface area (Å²) in [5, 5.41) is 3.31. The first-order chi connectivity index (χ1) is 9.28. The minimum absolute atomic E-state index is 0.813. The van der Waals surface area contributed by atoms with Crippen LogP contribution in [0.4, 0.5) is 5.82 Å². The van der Waals surface area contributed by atoms with E-state index >= 15 is 0 Å². The fourth-order valence-electron chi connectivity index (χ4n) is 1.96. The van der Waals surface area contributed by atoms with Crippen LogP contribution in [0.15, 0.2) is 41.1 Å². The Bertz CT molecular complexity index is 482. The summed E-state index contributed by atoms with van der Waals surface area (Å²) in [6, 6.07) is 8.07. The first kappa shape index (κ1) is 13.6. The molecule has 0 atom stereocenters. The van der Waals surface area contributed by atoms with Crippen molar-refractivity contribution in [1.29, 1.82) is 0 Å². The smallest absolute Gasteiger partial charge is 0.126 e. The Hall–Kier alpha value is -1.81. The number of hydrogen-bond donors (Lipinski definition) is 1. The zero-order chi connectivity index (χ0) is 13.5. The van der Waals surface area contributed by atoms with Crippen LogP contribution in [0.25, 0.3) is 0 Å². The van der Waals surface area contributed by atoms with Crippen molar-refractivity contribution in [3.05, 3.63) is 48.0 Å². The summed E-state index contributed by atoms with van der Waals surface area (Å²) >= 11 is 0. The SMILES string of the molecule is CCCNc1cc(CN(C)Cc2ccco2)ccn1. The third-order valence-electron chi connectivity index (χ3n) is 2.84. The average molecular weight is 259 g/mol. The maximum Gasteiger partial charge on any atom is 0.126 e. The van der Waals surface area contributed by atoms with Gasteiger partial charge in [-0.05, 0) is 43.3 Å². The minimum Gasteiger partial charge on any atom is -0.468 e. The summed E-state index contributed by atoms with van der Waals surface area (Å²) in [6.45, 7) is 4.80. The number of rotatable bonds is 7. The maximum atomic E-state index is 5.35. The molecule has 0 aliphatic rings. The Morgan fingerprint density at radius 3 is 2.95 bits per heavy atom. The van der Waals surface area contributed by atoms with Crippen molar-refractivity contribution in [2.45, 2.75) is 26.4 Å². The average Bonchev–Trinajstić information content (AvgIpc) is 2.89. The van der Waals surface area contributed by atoms with Gasteiger partial charge in [0.05, 0.1) is 12.8 Å². The van der Waals surface area contributed by atoms with Gasteiger partial charge in [-0.1, -0.05) is 6.92 Å². The van der Waals surface area contributed by atoms with Crippen molar-refractivity contribution in [1.82, 2.24) is 9.88 Å². The maximum absolute atomic E-state index is 5.35. The Morgan fingerprint density at radius 1 is 1.32 bits per heavy atom. The highest BCUT2D eigenvalue weighted by Crippen LogP contribution is 2.11. The monoisotopic (exact) mass is 259 g/mol. The molecule has 4 nitrogen and oxygen atoms in total. The zero-order valence-corrected chi connectivity index (χ0v) is 11.6. The van der Waals surface area contributed by atoms with Gasteiger partial charge in [0.1, 0.15) is 11.6 Å². The van der Waals surface area contributed by atoms with Gasteiger partial charge in [-0.15, -0.1) is 0 Å². The van der Waals surface area contributed by atoms with E-state index in [1.165, 1.54) is 5.56 Å². The Labute approximate surface area is 114 Å². The largest absolute Gasteiger partial charge is 0.468 e. The normalized spacial score (nSPS) is 10.9. The van der Waals surface area contributed by atoms with Crippen LogP contribution in [0.2, 0.25) is 0 Å². The van der Waals surface area contributed by atoms with E-state index < -0.39 is 0 Å². The van der Waals surface area contributed by atoms with Gasteiger partial charge in [0.15, 0.2) is 0 Å². The summed E-state index contributed by atoms with van der Waals surface area (Å²) in [7, 11) is 2.09. The van der Waals surface area contributed by atoms with Gasteiger partial charge in [0.2, 0.25) is 0 Å². The summed E-state index contributed by atoms with van der Waals surface area (Å²) in [4.78, 5) is 6.53. The van der Waals surface area contributed by atoms with Gasteiger partial charge in [-0.3, -0.25) is 4.90 Å². The molecule has 0 aliphatic carbocycles. The van der Waals surface area contributed by atoms with Crippen LogP contribution in [-0.4, -0.2) is 23.5 Å². The van der Waals surface area contributed by atoms with Crippen LogP contribution in [0.5, 0.6) is 0 Å². The molecule has 2 aromatic rings. The number of furan rings is 1. The van der Waals surface area contributed by atoms with Crippen LogP contribution in [-0.2, 0) is 13.1 Å². The van der Waals surface area contributed by atoms with E-state index in [-0.39, 0.29) is 0 Å². The van der Waals surface area contributed by atoms with Crippen molar-refractivity contribution in [3.8, 4) is 0 Å². The van der Waals surface area contributed by atoms with Gasteiger partial charge < -0.3 is 9.73 Å². The van der Waals surface area contributed by atoms with Gasteiger partial charge >= 0.3 is 0 Å². The molecule has 0 aromatic carbocycles. The molecule has 4 heteroatoms. The fourth-order valence-corrected chi connectivity index (χ4v) is 1.96. The van der Waals surface area contributed by atoms with Crippen LogP contribution in [0.1, 0.15) is 24.7 Å². The molecule has 1 N–H and O–H groups in total. The van der Waals surface area contributed by atoms with Crippen LogP contribution >= 0.6 is 0 Å². The molecule has 0 saturated carbocycles. The zero-order valence-electron chi connectivity index (χ0n) is 11.6. The first-order valence-electron chi connectivity index (χ1n) is 6.67. The molecule has 0 unspecified atom stereocenters. The van der Waals surface area contributed by atoms with Crippen molar-refractivity contribution >= 4 is 5.82 Å². The topological polar surface area (TPSA) is 41.3 Å². The second-order valence-corrected chi connectivity index (χ2v) is 4.73. The third kappa shape index (κ3) is 4.41. The third-order valence-corrected chi connectivity index (χ3v) is 2.84. The highest BCUT2D eigenvalue weighted by Gasteiger charge is 2.04. The molecule has 2 heterocycles. The summed E-state index contributed by atoms with van der Waals surface area (Å²) in [5.74, 6) is 1.94. The van der Waals surface area contributed by atoms with Crippen LogP contribution < -0.4 is 5.32 Å². The van der Waals surface area contributed by atoms with E-state index in [4.69, 9.17) is 4.42 Å². The van der Waals surface area contributed by atoms with E-state index in [9.17, 15) is 0 Å². The van der Waals surface area contributed by atoms with Crippen molar-refractivity contribution in [2.24, 2.45) is 0 Å². The van der Waals surface area contributed by atoms with Crippen molar-refractivity contribution in [2.75, 3.05) is 18.9 Å². The van der Waals surface area contributed by atoms with E-state index in [0.717, 1.165) is 37.6 Å². The van der Waals surface area contributed by atoms with Crippen LogP contribution in [0, 0.1) is 0 Å². The van der Waals surface area contributed by atoms with E-state index in [2.05, 4.69) is 41.3 Å². The predicted molar refractivity (Wildman–Crippen MR) is 76.9 cm³/mol. The Balaban J connectivity index is 1.90. The molecular weight excluding hydrogens is 238 g/mol. The number of anilines is 1. The predicted octanol–water partition coefficient (Wildman–Crippen LogP) is 3.13. The van der Waals surface area contributed by atoms with Gasteiger partial charge in [0.25, 0.3) is 0 Å². The molecule has 0 spiro atoms. The number of nitrogens with zero attached hydrogens (tertiary/aromatic N) is 2. The van der Waals surface area contributed by atoms with Crippen molar-refractivity contribution < 1.29 is 4.42 Å². The lowest BCUT2D eigenvalue weighted by molar-refractivity contribution is 0.288. The first-order valence-corrected chi connectivity index (χ1v) is 6.67. The lowest BCUT2D eigenvalue weighted by Crippen LogP contribution is -2.17. The number of hydrogen-bond acceptors (Lipinski definition) is 4. The quantitative estimate of drug-likeness (QED) is 0.829. The summed E-state index contributed by atoms with van der Waals surface area (Å²) < 4.78 is 5.35. The molecule has 0 bridgehead atoms. The van der Waals surface area contributed by atoms with E-state index in [1.807, 2.05) is 18.3 Å². The minimum atomic E-state index is 0.813. The molecule has 102 valence electrons. The summed E-state index contributed by atoms with van der Waals surface area (Å²) in [6.07, 6.45) is 4.67. The highest BCUT2D eigenvalue weighted by molar-refractivity contribution is 5.37. The van der Waals surface area contributed by atoms with Gasteiger partial charge in [-0.2, -0.15) is 0 Å². The lowest BCUT2D eigenvalue weighted by Gasteiger charge is -2.15. The standard InChI is InChI=1S/C15H21N3O/c1-3-7-16-15-10-13(6-8-17-15)11-18(2)12-14-5-4-9-19-14/h4-6,8-10H,3,7,11-12H2,1-2H3,(H,16,17). The Kier molecular flexibility index (Phi) is 4.98. The van der Waals surface area contributed by atoms with Crippen LogP contribution in [0.3, 0.4) is 0 Å². The number of nitrogens with one attached hydrogen (secondary N) is 1. The molecular formula is C15H21N3O. The highest BCUT2D eigenvalue weighted by atomic mass is 16.3. The molecule has 2 rings (SSSR count). The van der Waals surface area contributed by atoms with Gasteiger partial charge in [-0.25, -0.2) is 4.98 Å². The van der Waals surface area contributed by atoms with E-state index in [1.54, 1.807) is 6.26 Å². The second-order valence-electron chi connectivity index (χ2n) is 4.73. The van der Waals surface area contributed by atoms with E-state index in [0.29, 0.717) is 0 Å². The summed E-state index contributed by atoms with van der Waals surface area (Å²) in [5.41, 5.74) is 1.25. The number of pyridine rings is 1. The molecule has 0 aliphatic heterocycles. The molecule has 19 heavy (non-hydrogen) atoms. The molecule has 0 fully saturated rings. The number of aromatic nitrogens is 1. The van der Waals surface area contributed by atoms with Crippen molar-refractivity contribution in [3.63, 3.8) is 0 Å². The molecule has 0 saturated heterocycles. The lowest BCUT2D eigenvalue weighted by atomic mass is 10.2. The second kappa shape index (κ2) is 6.95. The molecule has 0 amide bonds.